The predicted molar refractivity (Wildman–Crippen MR) is 97.8 cm³/mol. The van der Waals surface area contributed by atoms with E-state index in [9.17, 15) is 4.79 Å². The SMILES string of the molecule is O=C(Nc1ccc2ncnc(N3CCCCC3)c2c1)c1ccncc1. The van der Waals surface area contributed by atoms with Gasteiger partial charge in [0, 0.05) is 42.1 Å². The third-order valence-electron chi connectivity index (χ3n) is 4.47. The molecule has 1 aliphatic heterocycles. The standard InChI is InChI=1S/C19H19N5O/c25-19(14-6-8-20-9-7-14)23-15-4-5-17-16(12-15)18(22-13-21-17)24-10-2-1-3-11-24/h4-9,12-13H,1-3,10-11H2,(H,23,25). The fraction of sp³-hybridized carbons (Fsp3) is 0.263. The van der Waals surface area contributed by atoms with Gasteiger partial charge in [0.2, 0.25) is 0 Å². The Labute approximate surface area is 145 Å². The van der Waals surface area contributed by atoms with Crippen molar-refractivity contribution in [3.63, 3.8) is 0 Å². The zero-order valence-corrected chi connectivity index (χ0v) is 13.9. The lowest BCUT2D eigenvalue weighted by Crippen LogP contribution is -2.30. The van der Waals surface area contributed by atoms with Crippen molar-refractivity contribution in [2.24, 2.45) is 0 Å². The molecule has 0 saturated carbocycles. The molecule has 2 aromatic heterocycles. The van der Waals surface area contributed by atoms with Crippen molar-refractivity contribution in [2.45, 2.75) is 19.3 Å². The Morgan fingerprint density at radius 2 is 1.80 bits per heavy atom. The molecule has 1 aliphatic rings. The highest BCUT2D eigenvalue weighted by atomic mass is 16.1. The fourth-order valence-electron chi connectivity index (χ4n) is 3.19. The summed E-state index contributed by atoms with van der Waals surface area (Å²) in [6.07, 6.45) is 8.47. The van der Waals surface area contributed by atoms with Crippen molar-refractivity contribution in [1.29, 1.82) is 0 Å². The normalized spacial score (nSPS) is 14.5. The van der Waals surface area contributed by atoms with Crippen LogP contribution in [0.15, 0.2) is 49.1 Å². The summed E-state index contributed by atoms with van der Waals surface area (Å²) in [7, 11) is 0. The van der Waals surface area contributed by atoms with Crippen LogP contribution in [0.2, 0.25) is 0 Å². The third-order valence-corrected chi connectivity index (χ3v) is 4.47. The van der Waals surface area contributed by atoms with E-state index in [2.05, 4.69) is 25.2 Å². The third kappa shape index (κ3) is 3.28. The lowest BCUT2D eigenvalue weighted by molar-refractivity contribution is 0.102. The molecule has 3 aromatic rings. The van der Waals surface area contributed by atoms with Crippen LogP contribution in [0.3, 0.4) is 0 Å². The molecular weight excluding hydrogens is 314 g/mol. The van der Waals surface area contributed by atoms with Gasteiger partial charge in [-0.2, -0.15) is 0 Å². The largest absolute Gasteiger partial charge is 0.356 e. The maximum Gasteiger partial charge on any atom is 0.255 e. The first-order valence-corrected chi connectivity index (χ1v) is 8.52. The molecule has 1 fully saturated rings. The Bertz CT molecular complexity index is 891. The van der Waals surface area contributed by atoms with E-state index in [0.717, 1.165) is 35.5 Å². The second-order valence-electron chi connectivity index (χ2n) is 6.17. The molecule has 0 radical (unpaired) electrons. The van der Waals surface area contributed by atoms with E-state index in [0.29, 0.717) is 5.56 Å². The first-order valence-electron chi connectivity index (χ1n) is 8.52. The summed E-state index contributed by atoms with van der Waals surface area (Å²) in [5, 5.41) is 3.91. The highest BCUT2D eigenvalue weighted by Crippen LogP contribution is 2.28. The number of benzene rings is 1. The van der Waals surface area contributed by atoms with Crippen molar-refractivity contribution in [3.8, 4) is 0 Å². The quantitative estimate of drug-likeness (QED) is 0.796. The van der Waals surface area contributed by atoms with Gasteiger partial charge in [0.1, 0.15) is 12.1 Å². The van der Waals surface area contributed by atoms with Gasteiger partial charge in [-0.3, -0.25) is 9.78 Å². The summed E-state index contributed by atoms with van der Waals surface area (Å²) in [5.41, 5.74) is 2.20. The molecule has 4 rings (SSSR count). The van der Waals surface area contributed by atoms with E-state index >= 15 is 0 Å². The number of aromatic nitrogens is 3. The topological polar surface area (TPSA) is 71.0 Å². The number of pyridine rings is 1. The maximum absolute atomic E-state index is 12.4. The Kier molecular flexibility index (Phi) is 4.24. The van der Waals surface area contributed by atoms with E-state index in [4.69, 9.17) is 0 Å². The molecule has 0 atom stereocenters. The van der Waals surface area contributed by atoms with Crippen LogP contribution in [-0.4, -0.2) is 33.9 Å². The van der Waals surface area contributed by atoms with Crippen molar-refractivity contribution in [2.75, 3.05) is 23.3 Å². The Morgan fingerprint density at radius 1 is 1.00 bits per heavy atom. The minimum atomic E-state index is -0.155. The van der Waals surface area contributed by atoms with Gasteiger partial charge in [-0.05, 0) is 49.6 Å². The summed E-state index contributed by atoms with van der Waals surface area (Å²) in [5.74, 6) is 0.794. The minimum absolute atomic E-state index is 0.155. The smallest absolute Gasteiger partial charge is 0.255 e. The number of nitrogens with one attached hydrogen (secondary N) is 1. The number of hydrogen-bond acceptors (Lipinski definition) is 5. The second kappa shape index (κ2) is 6.84. The van der Waals surface area contributed by atoms with Gasteiger partial charge in [-0.1, -0.05) is 0 Å². The molecule has 0 unspecified atom stereocenters. The number of fused-ring (bicyclic) bond motifs is 1. The van der Waals surface area contributed by atoms with Gasteiger partial charge in [0.25, 0.3) is 5.91 Å². The molecule has 0 spiro atoms. The first kappa shape index (κ1) is 15.5. The van der Waals surface area contributed by atoms with Gasteiger partial charge < -0.3 is 10.2 Å². The zero-order valence-electron chi connectivity index (χ0n) is 13.9. The highest BCUT2D eigenvalue weighted by Gasteiger charge is 2.16. The molecule has 0 bridgehead atoms. The van der Waals surface area contributed by atoms with E-state index in [-0.39, 0.29) is 5.91 Å². The van der Waals surface area contributed by atoms with Gasteiger partial charge in [-0.25, -0.2) is 9.97 Å². The lowest BCUT2D eigenvalue weighted by Gasteiger charge is -2.28. The molecule has 1 amide bonds. The molecule has 6 heteroatoms. The Morgan fingerprint density at radius 3 is 2.60 bits per heavy atom. The van der Waals surface area contributed by atoms with E-state index in [1.54, 1.807) is 30.9 Å². The van der Waals surface area contributed by atoms with E-state index in [1.807, 2.05) is 18.2 Å². The molecule has 0 aliphatic carbocycles. The van der Waals surface area contributed by atoms with Crippen LogP contribution in [0.4, 0.5) is 11.5 Å². The fourth-order valence-corrected chi connectivity index (χ4v) is 3.19. The molecule has 1 saturated heterocycles. The Balaban J connectivity index is 1.65. The van der Waals surface area contributed by atoms with E-state index < -0.39 is 0 Å². The van der Waals surface area contributed by atoms with Crippen LogP contribution in [0.1, 0.15) is 29.6 Å². The highest BCUT2D eigenvalue weighted by molar-refractivity contribution is 6.05. The van der Waals surface area contributed by atoms with Crippen molar-refractivity contribution in [3.05, 3.63) is 54.6 Å². The number of hydrogen-bond donors (Lipinski definition) is 1. The number of anilines is 2. The predicted octanol–water partition coefficient (Wildman–Crippen LogP) is 3.27. The van der Waals surface area contributed by atoms with Gasteiger partial charge in [0.05, 0.1) is 5.52 Å². The number of piperidine rings is 1. The summed E-state index contributed by atoms with van der Waals surface area (Å²) in [6, 6.07) is 9.14. The van der Waals surface area contributed by atoms with Crippen molar-refractivity contribution >= 4 is 28.3 Å². The second-order valence-corrected chi connectivity index (χ2v) is 6.17. The van der Waals surface area contributed by atoms with Crippen molar-refractivity contribution < 1.29 is 4.79 Å². The van der Waals surface area contributed by atoms with Crippen LogP contribution in [-0.2, 0) is 0 Å². The first-order chi connectivity index (χ1) is 12.3. The average molecular weight is 333 g/mol. The monoisotopic (exact) mass is 333 g/mol. The van der Waals surface area contributed by atoms with Gasteiger partial charge in [0.15, 0.2) is 0 Å². The average Bonchev–Trinajstić information content (AvgIpc) is 2.69. The summed E-state index contributed by atoms with van der Waals surface area (Å²) < 4.78 is 0. The Hall–Kier alpha value is -3.02. The van der Waals surface area contributed by atoms with Crippen LogP contribution >= 0.6 is 0 Å². The van der Waals surface area contributed by atoms with Crippen LogP contribution < -0.4 is 10.2 Å². The minimum Gasteiger partial charge on any atom is -0.356 e. The van der Waals surface area contributed by atoms with Crippen LogP contribution in [0, 0.1) is 0 Å². The summed E-state index contributed by atoms with van der Waals surface area (Å²) in [6.45, 7) is 2.03. The molecule has 126 valence electrons. The summed E-state index contributed by atoms with van der Waals surface area (Å²) >= 11 is 0. The van der Waals surface area contributed by atoms with Crippen LogP contribution in [0.5, 0.6) is 0 Å². The zero-order chi connectivity index (χ0) is 17.1. The molecule has 1 N–H and O–H groups in total. The maximum atomic E-state index is 12.4. The number of carbonyl (C=O) groups is 1. The molecule has 1 aromatic carbocycles. The van der Waals surface area contributed by atoms with E-state index in [1.165, 1.54) is 19.3 Å². The molecular formula is C19H19N5O. The molecule has 25 heavy (non-hydrogen) atoms. The number of rotatable bonds is 3. The van der Waals surface area contributed by atoms with Crippen LogP contribution in [0.25, 0.3) is 10.9 Å². The van der Waals surface area contributed by atoms with Gasteiger partial charge >= 0.3 is 0 Å². The number of nitrogens with zero attached hydrogens (tertiary/aromatic N) is 4. The van der Waals surface area contributed by atoms with Crippen molar-refractivity contribution in [1.82, 2.24) is 15.0 Å². The molecule has 3 heterocycles. The lowest BCUT2D eigenvalue weighted by atomic mass is 10.1. The number of amides is 1. The number of carbonyl (C=O) groups excluding carboxylic acids is 1. The van der Waals surface area contributed by atoms with Gasteiger partial charge in [-0.15, -0.1) is 0 Å². The molecule has 6 nitrogen and oxygen atoms in total. The summed E-state index contributed by atoms with van der Waals surface area (Å²) in [4.78, 5) is 27.5.